The minimum Gasteiger partial charge on any atom is -0.497 e. The van der Waals surface area contributed by atoms with Gasteiger partial charge < -0.3 is 23.9 Å². The molecule has 1 aliphatic carbocycles. The van der Waals surface area contributed by atoms with Crippen molar-refractivity contribution < 1.29 is 23.8 Å². The molecule has 0 aromatic rings. The van der Waals surface area contributed by atoms with Gasteiger partial charge in [-0.15, -0.1) is 0 Å². The van der Waals surface area contributed by atoms with Gasteiger partial charge in [-0.05, 0) is 38.3 Å². The van der Waals surface area contributed by atoms with Gasteiger partial charge in [0, 0.05) is 24.6 Å². The second-order valence-corrected chi connectivity index (χ2v) is 8.75. The Bertz CT molecular complexity index is 608. The van der Waals surface area contributed by atoms with Gasteiger partial charge >= 0.3 is 6.09 Å². The molecule has 0 radical (unpaired) electrons. The highest BCUT2D eigenvalue weighted by atomic mass is 32.1. The van der Waals surface area contributed by atoms with E-state index in [1.54, 1.807) is 19.1 Å². The van der Waals surface area contributed by atoms with Crippen molar-refractivity contribution in [1.29, 1.82) is 0 Å². The van der Waals surface area contributed by atoms with Crippen LogP contribution >= 0.6 is 12.6 Å². The Labute approximate surface area is 174 Å². The number of nitrogens with zero attached hydrogens (tertiary/aromatic N) is 1. The lowest BCUT2D eigenvalue weighted by atomic mass is 9.91. The molecule has 1 aliphatic rings. The van der Waals surface area contributed by atoms with Gasteiger partial charge in [0.05, 0.1) is 20.3 Å². The zero-order valence-corrected chi connectivity index (χ0v) is 19.0. The second kappa shape index (κ2) is 10.8. The van der Waals surface area contributed by atoms with Crippen LogP contribution in [-0.2, 0) is 19.0 Å². The van der Waals surface area contributed by atoms with Crippen LogP contribution in [0.25, 0.3) is 0 Å². The lowest BCUT2D eigenvalue weighted by molar-refractivity contribution is -0.108. The van der Waals surface area contributed by atoms with Gasteiger partial charge in [-0.1, -0.05) is 20.3 Å². The maximum absolute atomic E-state index is 13.0. The summed E-state index contributed by atoms with van der Waals surface area (Å²) in [6.07, 6.45) is 3.84. The number of carbonyl (C=O) groups excluding carboxylic acids is 2. The van der Waals surface area contributed by atoms with Crippen LogP contribution in [0.15, 0.2) is 23.2 Å². The number of rotatable bonds is 9. The zero-order chi connectivity index (χ0) is 21.5. The minimum absolute atomic E-state index is 0.165. The van der Waals surface area contributed by atoms with Crippen LogP contribution in [0.3, 0.4) is 0 Å². The molecule has 0 heterocycles. The molecule has 0 aliphatic heterocycles. The molecular formula is C21H35NO5S. The van der Waals surface area contributed by atoms with E-state index in [4.69, 9.17) is 26.8 Å². The average molecular weight is 414 g/mol. The first kappa shape index (κ1) is 24.4. The zero-order valence-electron chi connectivity index (χ0n) is 18.2. The maximum atomic E-state index is 13.0. The van der Waals surface area contributed by atoms with Crippen LogP contribution in [0.1, 0.15) is 53.9 Å². The minimum atomic E-state index is -0.626. The number of aldehydes is 1. The van der Waals surface area contributed by atoms with Crippen molar-refractivity contribution in [1.82, 2.24) is 4.90 Å². The van der Waals surface area contributed by atoms with E-state index in [1.165, 1.54) is 0 Å². The molecular weight excluding hydrogens is 378 g/mol. The number of methoxy groups -OCH3 is 2. The molecule has 0 spiro atoms. The lowest BCUT2D eigenvalue weighted by Gasteiger charge is -2.38. The first-order chi connectivity index (χ1) is 13.1. The van der Waals surface area contributed by atoms with Crippen LogP contribution in [0, 0.1) is 5.92 Å². The molecule has 7 heteroatoms. The van der Waals surface area contributed by atoms with Crippen molar-refractivity contribution in [2.24, 2.45) is 5.92 Å². The monoisotopic (exact) mass is 413 g/mol. The van der Waals surface area contributed by atoms with Gasteiger partial charge in [-0.2, -0.15) is 12.6 Å². The molecule has 0 fully saturated rings. The summed E-state index contributed by atoms with van der Waals surface area (Å²) in [5, 5.41) is -0.194. The molecule has 3 atom stereocenters. The van der Waals surface area contributed by atoms with Crippen molar-refractivity contribution in [3.05, 3.63) is 23.2 Å². The van der Waals surface area contributed by atoms with E-state index >= 15 is 0 Å². The highest BCUT2D eigenvalue weighted by Crippen LogP contribution is 2.34. The summed E-state index contributed by atoms with van der Waals surface area (Å²) >= 11 is 4.71. The van der Waals surface area contributed by atoms with Gasteiger partial charge in [0.25, 0.3) is 0 Å². The molecule has 6 nitrogen and oxygen atoms in total. The molecule has 1 rings (SSSR count). The van der Waals surface area contributed by atoms with Crippen LogP contribution in [0.5, 0.6) is 0 Å². The number of thiol groups is 1. The standard InChI is InChI=1S/C21H35NO5S/c1-8-14(2)13-22(20(24)27-21(3,4)5)16(9-10-23)15-11-17(25-6)18(26-7)12-19(15)28/h10-11,14,16,19,28H,8-9,12-13H2,1-7H3/t14?,16-,19?/m1/s1. The van der Waals surface area contributed by atoms with E-state index in [-0.39, 0.29) is 17.6 Å². The smallest absolute Gasteiger partial charge is 0.410 e. The molecule has 1 amide bonds. The van der Waals surface area contributed by atoms with E-state index in [0.29, 0.717) is 24.5 Å². The van der Waals surface area contributed by atoms with Gasteiger partial charge in [0.1, 0.15) is 17.6 Å². The van der Waals surface area contributed by atoms with Crippen LogP contribution in [-0.4, -0.2) is 54.9 Å². The number of carbonyl (C=O) groups is 2. The SMILES string of the molecule is CCC(C)CN(C(=O)OC(C)(C)C)[C@H](CC=O)C1=CC(OC)=C(OC)CC1S. The van der Waals surface area contributed by atoms with Crippen molar-refractivity contribution in [2.75, 3.05) is 20.8 Å². The molecule has 2 unspecified atom stereocenters. The van der Waals surface area contributed by atoms with Gasteiger partial charge in [-0.3, -0.25) is 0 Å². The summed E-state index contributed by atoms with van der Waals surface area (Å²) in [5.41, 5.74) is 0.223. The van der Waals surface area contributed by atoms with Crippen molar-refractivity contribution >= 4 is 25.0 Å². The summed E-state index contributed by atoms with van der Waals surface area (Å²) in [6.45, 7) is 10.1. The Hall–Kier alpha value is -1.63. The van der Waals surface area contributed by atoms with Crippen LogP contribution < -0.4 is 0 Å². The molecule has 28 heavy (non-hydrogen) atoms. The van der Waals surface area contributed by atoms with Gasteiger partial charge in [0.2, 0.25) is 0 Å². The summed E-state index contributed by atoms with van der Waals surface area (Å²) in [7, 11) is 3.16. The summed E-state index contributed by atoms with van der Waals surface area (Å²) in [5.74, 6) is 1.55. The molecule has 160 valence electrons. The Morgan fingerprint density at radius 2 is 2.00 bits per heavy atom. The van der Waals surface area contributed by atoms with E-state index in [1.807, 2.05) is 26.8 Å². The topological polar surface area (TPSA) is 65.1 Å². The average Bonchev–Trinajstić information content (AvgIpc) is 2.62. The Morgan fingerprint density at radius 3 is 2.46 bits per heavy atom. The van der Waals surface area contributed by atoms with E-state index in [2.05, 4.69) is 13.8 Å². The number of ether oxygens (including phenoxy) is 3. The van der Waals surface area contributed by atoms with E-state index in [9.17, 15) is 9.59 Å². The normalized spacial score (nSPS) is 19.4. The van der Waals surface area contributed by atoms with Crippen molar-refractivity contribution in [3.63, 3.8) is 0 Å². The van der Waals surface area contributed by atoms with E-state index < -0.39 is 17.7 Å². The second-order valence-electron chi connectivity index (χ2n) is 8.12. The number of hydrogen-bond donors (Lipinski definition) is 1. The van der Waals surface area contributed by atoms with Crippen molar-refractivity contribution in [3.8, 4) is 0 Å². The maximum Gasteiger partial charge on any atom is 0.410 e. The number of allylic oxidation sites excluding steroid dienone is 2. The first-order valence-electron chi connectivity index (χ1n) is 9.71. The largest absolute Gasteiger partial charge is 0.497 e. The van der Waals surface area contributed by atoms with Crippen LogP contribution in [0.4, 0.5) is 4.79 Å². The summed E-state index contributed by atoms with van der Waals surface area (Å²) in [6, 6.07) is -0.451. The molecule has 0 bridgehead atoms. The first-order valence-corrected chi connectivity index (χ1v) is 10.2. The lowest BCUT2D eigenvalue weighted by Crippen LogP contribution is -2.48. The van der Waals surface area contributed by atoms with Crippen LogP contribution in [0.2, 0.25) is 0 Å². The van der Waals surface area contributed by atoms with Gasteiger partial charge in [-0.25, -0.2) is 4.79 Å². The Morgan fingerprint density at radius 1 is 1.36 bits per heavy atom. The van der Waals surface area contributed by atoms with Gasteiger partial charge in [0.15, 0.2) is 5.76 Å². The third-order valence-corrected chi connectivity index (χ3v) is 5.20. The highest BCUT2D eigenvalue weighted by Gasteiger charge is 2.35. The Kier molecular flexibility index (Phi) is 9.40. The quantitative estimate of drug-likeness (QED) is 0.449. The fourth-order valence-corrected chi connectivity index (χ4v) is 3.46. The third kappa shape index (κ3) is 6.76. The molecule has 0 saturated carbocycles. The number of hydrogen-bond acceptors (Lipinski definition) is 6. The highest BCUT2D eigenvalue weighted by molar-refractivity contribution is 7.81. The predicted molar refractivity (Wildman–Crippen MR) is 113 cm³/mol. The molecule has 0 saturated heterocycles. The predicted octanol–water partition coefficient (Wildman–Crippen LogP) is 4.36. The fourth-order valence-electron chi connectivity index (χ4n) is 3.05. The third-order valence-electron chi connectivity index (χ3n) is 4.72. The molecule has 0 aromatic carbocycles. The molecule has 0 aromatic heterocycles. The summed E-state index contributed by atoms with van der Waals surface area (Å²) in [4.78, 5) is 26.2. The fraction of sp³-hybridized carbons (Fsp3) is 0.714. The number of amides is 1. The summed E-state index contributed by atoms with van der Waals surface area (Å²) < 4.78 is 16.5. The molecule has 0 N–H and O–H groups in total. The van der Waals surface area contributed by atoms with Crippen molar-refractivity contribution in [2.45, 2.75) is 70.8 Å². The van der Waals surface area contributed by atoms with E-state index in [0.717, 1.165) is 18.3 Å². The Balaban J connectivity index is 3.37.